The van der Waals surface area contributed by atoms with Gasteiger partial charge < -0.3 is 19.7 Å². The summed E-state index contributed by atoms with van der Waals surface area (Å²) < 4.78 is 25.7. The van der Waals surface area contributed by atoms with Gasteiger partial charge in [0, 0.05) is 25.3 Å². The minimum Gasteiger partial charge on any atom is -0.484 e. The van der Waals surface area contributed by atoms with Gasteiger partial charge in [-0.2, -0.15) is 5.10 Å². The molecular formula is C28H27FN4O4. The first-order chi connectivity index (χ1) is 18.0. The smallest absolute Gasteiger partial charge is 0.261 e. The van der Waals surface area contributed by atoms with Gasteiger partial charge in [0.2, 0.25) is 5.91 Å². The number of amides is 2. The van der Waals surface area contributed by atoms with Crippen molar-refractivity contribution >= 4 is 17.6 Å². The molecule has 0 aliphatic carbocycles. The highest BCUT2D eigenvalue weighted by Crippen LogP contribution is 2.25. The van der Waals surface area contributed by atoms with E-state index in [0.29, 0.717) is 22.9 Å². The molecule has 0 bridgehead atoms. The molecule has 4 aromatic rings. The second kappa shape index (κ2) is 12.5. The summed E-state index contributed by atoms with van der Waals surface area (Å²) in [5, 5.41) is 7.46. The van der Waals surface area contributed by atoms with Crippen LogP contribution in [0, 0.1) is 5.82 Å². The van der Waals surface area contributed by atoms with Gasteiger partial charge in [-0.3, -0.25) is 9.59 Å². The average molecular weight is 503 g/mol. The first-order valence-electron chi connectivity index (χ1n) is 11.7. The number of carbonyl (C=O) groups is 2. The molecule has 190 valence electrons. The van der Waals surface area contributed by atoms with Crippen molar-refractivity contribution in [3.8, 4) is 22.7 Å². The van der Waals surface area contributed by atoms with Crippen molar-refractivity contribution in [1.29, 1.82) is 0 Å². The molecule has 1 N–H and O–H groups in total. The summed E-state index contributed by atoms with van der Waals surface area (Å²) in [6, 6.07) is 26.0. The van der Waals surface area contributed by atoms with E-state index < -0.39 is 5.91 Å². The number of nitrogens with zero attached hydrogens (tertiary/aromatic N) is 3. The van der Waals surface area contributed by atoms with E-state index in [9.17, 15) is 14.0 Å². The van der Waals surface area contributed by atoms with E-state index in [-0.39, 0.29) is 38.0 Å². The maximum Gasteiger partial charge on any atom is 0.261 e. The fourth-order valence-electron chi connectivity index (χ4n) is 3.60. The predicted octanol–water partition coefficient (Wildman–Crippen LogP) is 4.17. The van der Waals surface area contributed by atoms with Gasteiger partial charge >= 0.3 is 0 Å². The van der Waals surface area contributed by atoms with Crippen LogP contribution in [-0.2, 0) is 14.3 Å². The monoisotopic (exact) mass is 502 g/mol. The van der Waals surface area contributed by atoms with Crippen LogP contribution in [0.3, 0.4) is 0 Å². The summed E-state index contributed by atoms with van der Waals surface area (Å²) in [7, 11) is 1.52. The van der Waals surface area contributed by atoms with Crippen LogP contribution < -0.4 is 10.1 Å². The molecule has 0 aliphatic rings. The molecule has 9 heteroatoms. The van der Waals surface area contributed by atoms with E-state index in [1.54, 1.807) is 30.3 Å². The Morgan fingerprint density at radius 3 is 2.32 bits per heavy atom. The van der Waals surface area contributed by atoms with Crippen LogP contribution in [0.5, 0.6) is 5.75 Å². The van der Waals surface area contributed by atoms with E-state index >= 15 is 0 Å². The molecule has 0 unspecified atom stereocenters. The number of anilines is 1. The Morgan fingerprint density at radius 2 is 1.65 bits per heavy atom. The lowest BCUT2D eigenvalue weighted by Crippen LogP contribution is -2.42. The van der Waals surface area contributed by atoms with Gasteiger partial charge in [-0.05, 0) is 36.4 Å². The Hall–Kier alpha value is -4.50. The molecule has 8 nitrogen and oxygen atoms in total. The van der Waals surface area contributed by atoms with Crippen molar-refractivity contribution in [3.63, 3.8) is 0 Å². The van der Waals surface area contributed by atoms with Crippen LogP contribution in [0.25, 0.3) is 16.9 Å². The van der Waals surface area contributed by atoms with Crippen LogP contribution >= 0.6 is 0 Å². The molecule has 0 aliphatic heterocycles. The van der Waals surface area contributed by atoms with Crippen molar-refractivity contribution in [1.82, 2.24) is 14.7 Å². The molecule has 0 radical (unpaired) electrons. The largest absolute Gasteiger partial charge is 0.484 e. The lowest BCUT2D eigenvalue weighted by Gasteiger charge is -2.22. The molecular weight excluding hydrogens is 475 g/mol. The molecule has 3 aromatic carbocycles. The highest BCUT2D eigenvalue weighted by Gasteiger charge is 2.20. The number of aromatic nitrogens is 2. The molecule has 0 spiro atoms. The number of ether oxygens (including phenoxy) is 2. The number of rotatable bonds is 11. The number of nitrogens with one attached hydrogen (secondary N) is 1. The van der Waals surface area contributed by atoms with Gasteiger partial charge in [-0.25, -0.2) is 9.07 Å². The number of halogens is 1. The quantitative estimate of drug-likeness (QED) is 0.333. The molecule has 0 saturated carbocycles. The van der Waals surface area contributed by atoms with Crippen molar-refractivity contribution in [3.05, 3.63) is 96.8 Å². The van der Waals surface area contributed by atoms with Crippen LogP contribution in [0.2, 0.25) is 0 Å². The van der Waals surface area contributed by atoms with Crippen LogP contribution in [0.4, 0.5) is 10.2 Å². The van der Waals surface area contributed by atoms with E-state index in [1.807, 2.05) is 48.5 Å². The molecule has 1 aromatic heterocycles. The fourth-order valence-corrected chi connectivity index (χ4v) is 3.60. The van der Waals surface area contributed by atoms with Crippen molar-refractivity contribution < 1.29 is 23.5 Å². The van der Waals surface area contributed by atoms with E-state index in [0.717, 1.165) is 5.56 Å². The van der Waals surface area contributed by atoms with Crippen LogP contribution in [-0.4, -0.2) is 59.9 Å². The zero-order chi connectivity index (χ0) is 26.0. The van der Waals surface area contributed by atoms with E-state index in [1.165, 1.54) is 28.8 Å². The number of methoxy groups -OCH3 is 1. The van der Waals surface area contributed by atoms with Crippen LogP contribution in [0.1, 0.15) is 0 Å². The van der Waals surface area contributed by atoms with Gasteiger partial charge in [-0.1, -0.05) is 48.5 Å². The standard InChI is InChI=1S/C28H27FN4O4/c1-36-17-16-32(28(35)20-37-24-10-6-3-7-11-24)19-27(34)30-26-18-25(21-8-4-2-5-9-21)31-33(26)23-14-12-22(29)13-15-23/h2-15,18H,16-17,19-20H2,1H3,(H,30,34). The summed E-state index contributed by atoms with van der Waals surface area (Å²) in [4.78, 5) is 27.3. The van der Waals surface area contributed by atoms with Gasteiger partial charge in [0.15, 0.2) is 6.61 Å². The second-order valence-corrected chi connectivity index (χ2v) is 8.13. The van der Waals surface area contributed by atoms with Crippen molar-refractivity contribution in [2.75, 3.05) is 38.7 Å². The fraction of sp³-hybridized carbons (Fsp3) is 0.179. The zero-order valence-corrected chi connectivity index (χ0v) is 20.3. The zero-order valence-electron chi connectivity index (χ0n) is 20.3. The van der Waals surface area contributed by atoms with Crippen LogP contribution in [0.15, 0.2) is 91.0 Å². The number of hydrogen-bond acceptors (Lipinski definition) is 5. The minimum atomic E-state index is -0.424. The highest BCUT2D eigenvalue weighted by molar-refractivity contribution is 5.94. The predicted molar refractivity (Wildman–Crippen MR) is 138 cm³/mol. The molecule has 0 saturated heterocycles. The molecule has 37 heavy (non-hydrogen) atoms. The molecule has 0 fully saturated rings. The molecule has 2 amide bonds. The Labute approximate surface area is 214 Å². The third-order valence-corrected chi connectivity index (χ3v) is 5.48. The van der Waals surface area contributed by atoms with Gasteiger partial charge in [0.05, 0.1) is 18.0 Å². The normalized spacial score (nSPS) is 10.6. The topological polar surface area (TPSA) is 85.7 Å². The van der Waals surface area contributed by atoms with Gasteiger partial charge in [0.1, 0.15) is 23.9 Å². The van der Waals surface area contributed by atoms with Crippen molar-refractivity contribution in [2.24, 2.45) is 0 Å². The third kappa shape index (κ3) is 7.02. The number of carbonyl (C=O) groups excluding carboxylic acids is 2. The maximum absolute atomic E-state index is 13.5. The van der Waals surface area contributed by atoms with Gasteiger partial charge in [-0.15, -0.1) is 0 Å². The highest BCUT2D eigenvalue weighted by atomic mass is 19.1. The molecule has 1 heterocycles. The van der Waals surface area contributed by atoms with Crippen molar-refractivity contribution in [2.45, 2.75) is 0 Å². The maximum atomic E-state index is 13.5. The Balaban J connectivity index is 1.51. The lowest BCUT2D eigenvalue weighted by atomic mass is 10.1. The summed E-state index contributed by atoms with van der Waals surface area (Å²) in [5.74, 6) is -0.214. The Kier molecular flexibility index (Phi) is 8.62. The summed E-state index contributed by atoms with van der Waals surface area (Å²) in [6.07, 6.45) is 0. The summed E-state index contributed by atoms with van der Waals surface area (Å²) in [5.41, 5.74) is 2.06. The number of para-hydroxylation sites is 1. The molecule has 4 rings (SSSR count). The third-order valence-electron chi connectivity index (χ3n) is 5.48. The Morgan fingerprint density at radius 1 is 0.973 bits per heavy atom. The SMILES string of the molecule is COCCN(CC(=O)Nc1cc(-c2ccccc2)nn1-c1ccc(F)cc1)C(=O)COc1ccccc1. The molecule has 0 atom stereocenters. The summed E-state index contributed by atoms with van der Waals surface area (Å²) >= 11 is 0. The van der Waals surface area contributed by atoms with E-state index in [4.69, 9.17) is 9.47 Å². The number of benzene rings is 3. The lowest BCUT2D eigenvalue weighted by molar-refractivity contribution is -0.137. The minimum absolute atomic E-state index is 0.213. The second-order valence-electron chi connectivity index (χ2n) is 8.13. The first-order valence-corrected chi connectivity index (χ1v) is 11.7. The number of hydrogen-bond donors (Lipinski definition) is 1. The average Bonchev–Trinajstić information content (AvgIpc) is 3.34. The first kappa shape index (κ1) is 25.6. The summed E-state index contributed by atoms with van der Waals surface area (Å²) in [6.45, 7) is 0.0473. The van der Waals surface area contributed by atoms with E-state index in [2.05, 4.69) is 10.4 Å². The Bertz CT molecular complexity index is 1310. The van der Waals surface area contributed by atoms with Gasteiger partial charge in [0.25, 0.3) is 5.91 Å².